The molecule has 1 aromatic carbocycles. The average molecular weight is 367 g/mol. The third-order valence-electron chi connectivity index (χ3n) is 5.27. The summed E-state index contributed by atoms with van der Waals surface area (Å²) in [5.74, 6) is -0.201. The first-order valence-corrected chi connectivity index (χ1v) is 8.99. The quantitative estimate of drug-likeness (QED) is 0.837. The van der Waals surface area contributed by atoms with Crippen molar-refractivity contribution in [3.63, 3.8) is 0 Å². The van der Waals surface area contributed by atoms with Crippen molar-refractivity contribution in [3.05, 3.63) is 23.2 Å². The van der Waals surface area contributed by atoms with Gasteiger partial charge in [-0.15, -0.1) is 0 Å². The summed E-state index contributed by atoms with van der Waals surface area (Å²) in [4.78, 5) is 26.0. The second-order valence-electron chi connectivity index (χ2n) is 6.77. The highest BCUT2D eigenvalue weighted by atomic mass is 35.5. The summed E-state index contributed by atoms with van der Waals surface area (Å²) in [6, 6.07) is 4.59. The van der Waals surface area contributed by atoms with Crippen LogP contribution in [-0.2, 0) is 9.59 Å². The van der Waals surface area contributed by atoms with E-state index >= 15 is 0 Å². The van der Waals surface area contributed by atoms with E-state index in [1.807, 2.05) is 4.90 Å². The van der Waals surface area contributed by atoms with Crippen molar-refractivity contribution in [2.75, 3.05) is 19.0 Å². The van der Waals surface area contributed by atoms with Gasteiger partial charge >= 0.3 is 5.97 Å². The second-order valence-corrected chi connectivity index (χ2v) is 7.20. The Hall–Kier alpha value is -1.79. The number of anilines is 1. The molecule has 136 valence electrons. The van der Waals surface area contributed by atoms with Gasteiger partial charge in [0.05, 0.1) is 19.3 Å². The number of carboxylic acid groups (broad SMARTS) is 1. The van der Waals surface area contributed by atoms with Crippen LogP contribution in [0.5, 0.6) is 5.75 Å². The van der Waals surface area contributed by atoms with Crippen molar-refractivity contribution >= 4 is 29.2 Å². The SMILES string of the molecule is COc1ccc(Cl)cc1NC(=O)CN1C(C(=O)O)CC2CCCCC21. The molecule has 3 unspecified atom stereocenters. The third-order valence-corrected chi connectivity index (χ3v) is 5.50. The molecule has 0 aromatic heterocycles. The Kier molecular flexibility index (Phi) is 5.49. The van der Waals surface area contributed by atoms with Crippen molar-refractivity contribution in [1.82, 2.24) is 4.90 Å². The Labute approximate surface area is 152 Å². The van der Waals surface area contributed by atoms with Gasteiger partial charge in [0.15, 0.2) is 0 Å². The monoisotopic (exact) mass is 366 g/mol. The van der Waals surface area contributed by atoms with Crippen LogP contribution in [0.15, 0.2) is 18.2 Å². The van der Waals surface area contributed by atoms with Gasteiger partial charge in [-0.1, -0.05) is 24.4 Å². The number of nitrogens with one attached hydrogen (secondary N) is 1. The van der Waals surface area contributed by atoms with E-state index in [-0.39, 0.29) is 18.5 Å². The zero-order valence-electron chi connectivity index (χ0n) is 14.2. The molecule has 6 nitrogen and oxygen atoms in total. The van der Waals surface area contributed by atoms with E-state index in [2.05, 4.69) is 5.32 Å². The molecule has 3 rings (SSSR count). The van der Waals surface area contributed by atoms with Gasteiger partial charge in [-0.3, -0.25) is 14.5 Å². The first-order valence-electron chi connectivity index (χ1n) is 8.61. The van der Waals surface area contributed by atoms with Crippen LogP contribution in [0.4, 0.5) is 5.69 Å². The zero-order chi connectivity index (χ0) is 18.0. The fraction of sp³-hybridized carbons (Fsp3) is 0.556. The minimum Gasteiger partial charge on any atom is -0.495 e. The topological polar surface area (TPSA) is 78.9 Å². The maximum Gasteiger partial charge on any atom is 0.320 e. The summed E-state index contributed by atoms with van der Waals surface area (Å²) in [5, 5.41) is 12.8. The number of likely N-dealkylation sites (tertiary alicyclic amines) is 1. The number of halogens is 1. The summed E-state index contributed by atoms with van der Waals surface area (Å²) in [6.45, 7) is 0.0633. The molecule has 25 heavy (non-hydrogen) atoms. The number of amides is 1. The van der Waals surface area contributed by atoms with Crippen LogP contribution in [0.25, 0.3) is 0 Å². The number of carboxylic acids is 1. The lowest BCUT2D eigenvalue weighted by molar-refractivity contribution is -0.143. The number of aliphatic carboxylic acids is 1. The Morgan fingerprint density at radius 3 is 2.84 bits per heavy atom. The second kappa shape index (κ2) is 7.62. The van der Waals surface area contributed by atoms with Crippen LogP contribution in [-0.4, -0.2) is 47.6 Å². The molecular formula is C18H23ClN2O4. The first-order chi connectivity index (χ1) is 12.0. The van der Waals surface area contributed by atoms with Crippen molar-refractivity contribution in [2.45, 2.75) is 44.2 Å². The number of benzene rings is 1. The van der Waals surface area contributed by atoms with Crippen LogP contribution < -0.4 is 10.1 Å². The summed E-state index contributed by atoms with van der Waals surface area (Å²) >= 11 is 5.99. The normalized spacial score (nSPS) is 26.1. The number of methoxy groups -OCH3 is 1. The number of carbonyl (C=O) groups excluding carboxylic acids is 1. The summed E-state index contributed by atoms with van der Waals surface area (Å²) in [6.07, 6.45) is 4.88. The number of fused-ring (bicyclic) bond motifs is 1. The van der Waals surface area contributed by atoms with Gasteiger partial charge in [-0.05, 0) is 43.4 Å². The van der Waals surface area contributed by atoms with Crippen molar-refractivity contribution in [2.24, 2.45) is 5.92 Å². The molecule has 0 radical (unpaired) electrons. The molecule has 2 aliphatic rings. The molecule has 1 saturated heterocycles. The number of rotatable bonds is 5. The number of nitrogens with zero attached hydrogens (tertiary/aromatic N) is 1. The molecule has 0 spiro atoms. The Balaban J connectivity index is 1.72. The van der Waals surface area contributed by atoms with Crippen molar-refractivity contribution in [3.8, 4) is 5.75 Å². The van der Waals surface area contributed by atoms with Crippen LogP contribution in [0.1, 0.15) is 32.1 Å². The minimum atomic E-state index is -0.845. The molecule has 3 atom stereocenters. The van der Waals surface area contributed by atoms with Crippen LogP contribution in [0.3, 0.4) is 0 Å². The lowest BCUT2D eigenvalue weighted by atomic mass is 9.85. The van der Waals surface area contributed by atoms with Gasteiger partial charge in [0.1, 0.15) is 11.8 Å². The predicted molar refractivity (Wildman–Crippen MR) is 95.1 cm³/mol. The molecule has 1 heterocycles. The van der Waals surface area contributed by atoms with Gasteiger partial charge in [-0.2, -0.15) is 0 Å². The first kappa shape index (κ1) is 18.0. The van der Waals surface area contributed by atoms with Gasteiger partial charge in [0.25, 0.3) is 0 Å². The molecule has 0 bridgehead atoms. The van der Waals surface area contributed by atoms with Gasteiger partial charge in [-0.25, -0.2) is 0 Å². The summed E-state index contributed by atoms with van der Waals surface area (Å²) in [7, 11) is 1.52. The number of carbonyl (C=O) groups is 2. The zero-order valence-corrected chi connectivity index (χ0v) is 15.0. The molecule has 1 amide bonds. The molecule has 2 fully saturated rings. The third kappa shape index (κ3) is 3.90. The van der Waals surface area contributed by atoms with Gasteiger partial charge in [0, 0.05) is 11.1 Å². The highest BCUT2D eigenvalue weighted by Crippen LogP contribution is 2.39. The number of hydrogen-bond donors (Lipinski definition) is 2. The number of ether oxygens (including phenoxy) is 1. The highest BCUT2D eigenvalue weighted by molar-refractivity contribution is 6.31. The van der Waals surface area contributed by atoms with E-state index in [0.29, 0.717) is 28.8 Å². The fourth-order valence-corrected chi connectivity index (χ4v) is 4.33. The summed E-state index contributed by atoms with van der Waals surface area (Å²) in [5.41, 5.74) is 0.492. The van der Waals surface area contributed by atoms with E-state index in [4.69, 9.17) is 16.3 Å². The van der Waals surface area contributed by atoms with E-state index < -0.39 is 12.0 Å². The van der Waals surface area contributed by atoms with E-state index in [9.17, 15) is 14.7 Å². The lowest BCUT2D eigenvalue weighted by Gasteiger charge is -2.32. The van der Waals surface area contributed by atoms with Gasteiger partial charge < -0.3 is 15.2 Å². The smallest absolute Gasteiger partial charge is 0.320 e. The van der Waals surface area contributed by atoms with E-state index in [1.54, 1.807) is 18.2 Å². The Morgan fingerprint density at radius 2 is 2.12 bits per heavy atom. The fourth-order valence-electron chi connectivity index (χ4n) is 4.16. The van der Waals surface area contributed by atoms with E-state index in [1.165, 1.54) is 7.11 Å². The standard InChI is InChI=1S/C18H23ClN2O4/c1-25-16-7-6-12(19)9-13(16)20-17(22)10-21-14-5-3-2-4-11(14)8-15(21)18(23)24/h6-7,9,11,14-15H,2-5,8,10H2,1H3,(H,20,22)(H,23,24). The van der Waals surface area contributed by atoms with Crippen LogP contribution >= 0.6 is 11.6 Å². The number of hydrogen-bond acceptors (Lipinski definition) is 4. The Morgan fingerprint density at radius 1 is 1.36 bits per heavy atom. The largest absolute Gasteiger partial charge is 0.495 e. The lowest BCUT2D eigenvalue weighted by Crippen LogP contribution is -2.46. The van der Waals surface area contributed by atoms with Gasteiger partial charge in [0.2, 0.25) is 5.91 Å². The maximum atomic E-state index is 12.5. The summed E-state index contributed by atoms with van der Waals surface area (Å²) < 4.78 is 5.24. The van der Waals surface area contributed by atoms with Crippen molar-refractivity contribution in [1.29, 1.82) is 0 Å². The molecule has 1 aliphatic heterocycles. The minimum absolute atomic E-state index is 0.0633. The van der Waals surface area contributed by atoms with Crippen LogP contribution in [0, 0.1) is 5.92 Å². The molecule has 1 saturated carbocycles. The highest BCUT2D eigenvalue weighted by Gasteiger charge is 2.45. The van der Waals surface area contributed by atoms with E-state index in [0.717, 1.165) is 25.7 Å². The molecular weight excluding hydrogens is 344 g/mol. The molecule has 1 aliphatic carbocycles. The Bertz CT molecular complexity index is 666. The van der Waals surface area contributed by atoms with Crippen molar-refractivity contribution < 1.29 is 19.4 Å². The predicted octanol–water partition coefficient (Wildman–Crippen LogP) is 3.00. The van der Waals surface area contributed by atoms with Crippen LogP contribution in [0.2, 0.25) is 5.02 Å². The maximum absolute atomic E-state index is 12.5. The molecule has 1 aromatic rings. The molecule has 7 heteroatoms. The molecule has 2 N–H and O–H groups in total. The average Bonchev–Trinajstić information content (AvgIpc) is 2.94.